The molecule has 0 nitrogen and oxygen atoms in total. The molecule has 0 atom stereocenters. The summed E-state index contributed by atoms with van der Waals surface area (Å²) in [5.74, 6) is 0. The largest absolute Gasteiger partial charge is 0.0622 e. The molecule has 0 unspecified atom stereocenters. The fraction of sp³-hybridized carbons (Fsp3) is 0.294. The quantitative estimate of drug-likeness (QED) is 0.584. The van der Waals surface area contributed by atoms with E-state index in [2.05, 4.69) is 60.7 Å². The first-order valence-electron chi connectivity index (χ1n) is 6.84. The second-order valence-electron chi connectivity index (χ2n) is 4.98. The van der Waals surface area contributed by atoms with Crippen molar-refractivity contribution < 1.29 is 0 Å². The van der Waals surface area contributed by atoms with Gasteiger partial charge in [-0.3, -0.25) is 0 Å². The number of rotatable bonds is 3. The average molecular weight is 261 g/mol. The molecule has 19 heavy (non-hydrogen) atoms. The monoisotopic (exact) mass is 261 g/mol. The van der Waals surface area contributed by atoms with Crippen molar-refractivity contribution in [2.45, 2.75) is 31.3 Å². The summed E-state index contributed by atoms with van der Waals surface area (Å²) in [5.41, 5.74) is 0.893. The predicted octanol–water partition coefficient (Wildman–Crippen LogP) is 3.68. The summed E-state index contributed by atoms with van der Waals surface area (Å²) in [4.78, 5) is 0. The Labute approximate surface area is 129 Å². The van der Waals surface area contributed by atoms with Crippen LogP contribution in [-0.2, 0) is 0 Å². The van der Waals surface area contributed by atoms with Crippen LogP contribution >= 0.6 is 7.92 Å². The van der Waals surface area contributed by atoms with Crippen molar-refractivity contribution in [3.05, 3.63) is 60.7 Å². The molecule has 2 aromatic rings. The summed E-state index contributed by atoms with van der Waals surface area (Å²) >= 11 is 0. The van der Waals surface area contributed by atoms with Gasteiger partial charge in [0.25, 0.3) is 0 Å². The standard InChI is InChI=1S/C17H19P.Li/c1-3-9-15(10-4-1)18(17-13-7-8-14-17)16-11-5-2-6-12-16;/h1-6,9-12,17H,7-8,13-14H2;. The topological polar surface area (TPSA) is 0 Å². The molecule has 0 aromatic heterocycles. The van der Waals surface area contributed by atoms with Gasteiger partial charge in [0.15, 0.2) is 0 Å². The molecule has 0 N–H and O–H groups in total. The maximum atomic E-state index is 2.32. The van der Waals surface area contributed by atoms with E-state index in [9.17, 15) is 0 Å². The van der Waals surface area contributed by atoms with Gasteiger partial charge in [-0.05, 0) is 37.0 Å². The minimum atomic E-state index is -0.152. The molecule has 3 rings (SSSR count). The molecule has 0 bridgehead atoms. The van der Waals surface area contributed by atoms with E-state index in [0.717, 1.165) is 5.66 Å². The minimum absolute atomic E-state index is 0. The van der Waals surface area contributed by atoms with Crippen molar-refractivity contribution in [1.29, 1.82) is 0 Å². The van der Waals surface area contributed by atoms with Crippen molar-refractivity contribution in [2.24, 2.45) is 0 Å². The van der Waals surface area contributed by atoms with Crippen molar-refractivity contribution in [3.8, 4) is 0 Å². The van der Waals surface area contributed by atoms with Gasteiger partial charge in [0, 0.05) is 18.9 Å². The van der Waals surface area contributed by atoms with Crippen molar-refractivity contribution in [1.82, 2.24) is 0 Å². The van der Waals surface area contributed by atoms with E-state index in [1.165, 1.54) is 25.7 Å². The van der Waals surface area contributed by atoms with Crippen LogP contribution in [-0.4, -0.2) is 24.5 Å². The van der Waals surface area contributed by atoms with Crippen LogP contribution in [0.2, 0.25) is 0 Å². The molecule has 0 aliphatic heterocycles. The van der Waals surface area contributed by atoms with E-state index in [0.29, 0.717) is 0 Å². The Morgan fingerprint density at radius 3 is 1.53 bits per heavy atom. The first kappa shape index (κ1) is 14.9. The van der Waals surface area contributed by atoms with Crippen LogP contribution in [0, 0.1) is 0 Å². The summed E-state index contributed by atoms with van der Waals surface area (Å²) in [6.07, 6.45) is 5.66. The Bertz CT molecular complexity index is 438. The molecule has 1 fully saturated rings. The SMILES string of the molecule is [Li].c1ccc(P(c2ccccc2)C2CCCC2)cc1. The second kappa shape index (κ2) is 7.30. The third-order valence-electron chi connectivity index (χ3n) is 3.76. The number of hydrogen-bond acceptors (Lipinski definition) is 0. The zero-order valence-corrected chi connectivity index (χ0v) is 12.5. The zero-order chi connectivity index (χ0) is 12.2. The van der Waals surface area contributed by atoms with Crippen LogP contribution in [0.15, 0.2) is 60.7 Å². The Balaban J connectivity index is 0.00000133. The Kier molecular flexibility index (Phi) is 5.71. The van der Waals surface area contributed by atoms with Crippen LogP contribution in [0.25, 0.3) is 0 Å². The summed E-state index contributed by atoms with van der Waals surface area (Å²) < 4.78 is 0. The summed E-state index contributed by atoms with van der Waals surface area (Å²) in [6, 6.07) is 22.2. The molecule has 0 saturated heterocycles. The van der Waals surface area contributed by atoms with E-state index in [1.807, 2.05) is 0 Å². The third kappa shape index (κ3) is 3.52. The molecule has 1 radical (unpaired) electrons. The molecule has 0 heterocycles. The van der Waals surface area contributed by atoms with E-state index in [-0.39, 0.29) is 26.8 Å². The molecule has 2 aromatic carbocycles. The maximum absolute atomic E-state index is 2.32. The summed E-state index contributed by atoms with van der Waals surface area (Å²) in [5, 5.41) is 3.09. The van der Waals surface area contributed by atoms with Gasteiger partial charge < -0.3 is 0 Å². The molecular weight excluding hydrogens is 242 g/mol. The predicted molar refractivity (Wildman–Crippen MR) is 87.1 cm³/mol. The van der Waals surface area contributed by atoms with Gasteiger partial charge in [0.05, 0.1) is 0 Å². The summed E-state index contributed by atoms with van der Waals surface area (Å²) in [6.45, 7) is 0. The molecule has 0 amide bonds. The molecule has 2 heteroatoms. The van der Waals surface area contributed by atoms with Gasteiger partial charge in [0.1, 0.15) is 0 Å². The molecule has 1 aliphatic rings. The van der Waals surface area contributed by atoms with Crippen molar-refractivity contribution in [3.63, 3.8) is 0 Å². The smallest absolute Gasteiger partial charge is 0 e. The van der Waals surface area contributed by atoms with Crippen molar-refractivity contribution in [2.75, 3.05) is 0 Å². The minimum Gasteiger partial charge on any atom is -0.0622 e. The molecule has 93 valence electrons. The van der Waals surface area contributed by atoms with Crippen LogP contribution in [0.1, 0.15) is 25.7 Å². The Hall–Kier alpha value is -0.533. The van der Waals surface area contributed by atoms with E-state index >= 15 is 0 Å². The number of hydrogen-bond donors (Lipinski definition) is 0. The van der Waals surface area contributed by atoms with Crippen LogP contribution < -0.4 is 10.6 Å². The van der Waals surface area contributed by atoms with Crippen LogP contribution in [0.5, 0.6) is 0 Å². The molecule has 1 aliphatic carbocycles. The first-order valence-corrected chi connectivity index (χ1v) is 8.25. The van der Waals surface area contributed by atoms with Gasteiger partial charge in [-0.15, -0.1) is 0 Å². The summed E-state index contributed by atoms with van der Waals surface area (Å²) in [7, 11) is -0.152. The Morgan fingerprint density at radius 1 is 0.684 bits per heavy atom. The second-order valence-corrected chi connectivity index (χ2v) is 7.48. The van der Waals surface area contributed by atoms with Gasteiger partial charge in [0.2, 0.25) is 0 Å². The maximum Gasteiger partial charge on any atom is 0 e. The Morgan fingerprint density at radius 2 is 1.11 bits per heavy atom. The average Bonchev–Trinajstić information content (AvgIpc) is 2.95. The van der Waals surface area contributed by atoms with Gasteiger partial charge in [-0.1, -0.05) is 73.5 Å². The van der Waals surface area contributed by atoms with Crippen LogP contribution in [0.4, 0.5) is 0 Å². The fourth-order valence-electron chi connectivity index (χ4n) is 2.91. The van der Waals surface area contributed by atoms with E-state index in [4.69, 9.17) is 0 Å². The first-order chi connectivity index (χ1) is 8.95. The zero-order valence-electron chi connectivity index (χ0n) is 11.6. The molecule has 0 spiro atoms. The fourth-order valence-corrected chi connectivity index (χ4v) is 5.92. The van der Waals surface area contributed by atoms with Crippen LogP contribution in [0.3, 0.4) is 0 Å². The van der Waals surface area contributed by atoms with E-state index in [1.54, 1.807) is 10.6 Å². The van der Waals surface area contributed by atoms with E-state index < -0.39 is 0 Å². The molecule has 1 saturated carbocycles. The van der Waals surface area contributed by atoms with Crippen molar-refractivity contribution >= 4 is 37.4 Å². The third-order valence-corrected chi connectivity index (χ3v) is 6.71. The number of benzene rings is 2. The molecular formula is C17H19LiP. The van der Waals surface area contributed by atoms with Gasteiger partial charge >= 0.3 is 0 Å². The van der Waals surface area contributed by atoms with Gasteiger partial charge in [-0.2, -0.15) is 0 Å². The normalized spacial score (nSPS) is 15.4. The van der Waals surface area contributed by atoms with Gasteiger partial charge in [-0.25, -0.2) is 0 Å².